The monoisotopic (exact) mass is 404 g/mol. The van der Waals surface area contributed by atoms with Gasteiger partial charge in [0.2, 0.25) is 0 Å². The Kier molecular flexibility index (Phi) is 5.69. The quantitative estimate of drug-likeness (QED) is 0.467. The number of aliphatic hydroxyl groups is 2. The van der Waals surface area contributed by atoms with Crippen LogP contribution < -0.4 is 0 Å². The molecule has 0 radical (unpaired) electrons. The minimum absolute atomic E-state index is 0.00790. The molecule has 0 aliphatic carbocycles. The van der Waals surface area contributed by atoms with Gasteiger partial charge in [0.1, 0.15) is 24.4 Å². The zero-order valence-corrected chi connectivity index (χ0v) is 16.7. The third-order valence-corrected chi connectivity index (χ3v) is 4.98. The van der Waals surface area contributed by atoms with Gasteiger partial charge in [0.25, 0.3) is 0 Å². The maximum Gasteiger partial charge on any atom is 0.159 e. The first-order chi connectivity index (χ1) is 14.5. The molecule has 0 saturated heterocycles. The van der Waals surface area contributed by atoms with Gasteiger partial charge >= 0.3 is 0 Å². The summed E-state index contributed by atoms with van der Waals surface area (Å²) in [5, 5.41) is 30.5. The highest BCUT2D eigenvalue weighted by molar-refractivity contribution is 5.17. The van der Waals surface area contributed by atoms with E-state index < -0.39 is 11.7 Å². The van der Waals surface area contributed by atoms with E-state index in [0.717, 1.165) is 11.1 Å². The van der Waals surface area contributed by atoms with Gasteiger partial charge in [-0.15, -0.1) is 0 Å². The van der Waals surface area contributed by atoms with E-state index in [9.17, 15) is 10.2 Å². The highest BCUT2D eigenvalue weighted by Gasteiger charge is 2.34. The summed E-state index contributed by atoms with van der Waals surface area (Å²) in [6.07, 6.45) is 1.81. The number of benzene rings is 2. The van der Waals surface area contributed by atoms with Crippen molar-refractivity contribution in [2.24, 2.45) is 0 Å². The van der Waals surface area contributed by atoms with Gasteiger partial charge in [-0.1, -0.05) is 60.7 Å². The van der Waals surface area contributed by atoms with Gasteiger partial charge in [0, 0.05) is 6.42 Å². The van der Waals surface area contributed by atoms with E-state index >= 15 is 0 Å². The summed E-state index contributed by atoms with van der Waals surface area (Å²) in [6.45, 7) is 2.59. The van der Waals surface area contributed by atoms with Crippen molar-refractivity contribution >= 4 is 0 Å². The normalized spacial score (nSPS) is 14.4. The second kappa shape index (κ2) is 8.56. The predicted octanol–water partition coefficient (Wildman–Crippen LogP) is 2.30. The average molecular weight is 404 g/mol. The van der Waals surface area contributed by atoms with Crippen molar-refractivity contribution < 1.29 is 10.2 Å². The highest BCUT2D eigenvalue weighted by atomic mass is 16.3. The van der Waals surface area contributed by atoms with Crippen molar-refractivity contribution in [1.29, 1.82) is 0 Å². The standard InChI is InChI=1S/C22H24N6O2/c1-22(30,21-24-16-26-28(21)14-18-10-6-3-7-11-18)12-19(29)20-23-15-25-27(20)13-17-8-4-2-5-9-17/h2-11,15-16,19,29-30H,12-14H2,1H3. The molecule has 30 heavy (non-hydrogen) atoms. The van der Waals surface area contributed by atoms with Crippen molar-refractivity contribution in [2.75, 3.05) is 0 Å². The van der Waals surface area contributed by atoms with E-state index in [2.05, 4.69) is 20.2 Å². The van der Waals surface area contributed by atoms with E-state index in [1.165, 1.54) is 12.7 Å². The molecule has 0 amide bonds. The topological polar surface area (TPSA) is 102 Å². The Morgan fingerprint density at radius 2 is 1.37 bits per heavy atom. The molecule has 2 aromatic carbocycles. The molecule has 0 spiro atoms. The number of aliphatic hydroxyl groups excluding tert-OH is 1. The molecular weight excluding hydrogens is 380 g/mol. The summed E-state index contributed by atoms with van der Waals surface area (Å²) in [7, 11) is 0. The van der Waals surface area contributed by atoms with Crippen LogP contribution in [0.2, 0.25) is 0 Å². The minimum atomic E-state index is -1.41. The molecule has 0 fully saturated rings. The fraction of sp³-hybridized carbons (Fsp3) is 0.273. The third-order valence-electron chi connectivity index (χ3n) is 4.98. The van der Waals surface area contributed by atoms with Crippen LogP contribution in [0, 0.1) is 0 Å². The van der Waals surface area contributed by atoms with Crippen LogP contribution in [0.4, 0.5) is 0 Å². The first-order valence-corrected chi connectivity index (χ1v) is 9.77. The predicted molar refractivity (Wildman–Crippen MR) is 110 cm³/mol. The molecule has 2 unspecified atom stereocenters. The van der Waals surface area contributed by atoms with E-state index in [0.29, 0.717) is 24.7 Å². The first-order valence-electron chi connectivity index (χ1n) is 9.77. The van der Waals surface area contributed by atoms with Crippen LogP contribution >= 0.6 is 0 Å². The fourth-order valence-electron chi connectivity index (χ4n) is 3.52. The van der Waals surface area contributed by atoms with E-state index in [1.54, 1.807) is 16.3 Å². The largest absolute Gasteiger partial charge is 0.385 e. The van der Waals surface area contributed by atoms with E-state index in [1.807, 2.05) is 60.7 Å². The Balaban J connectivity index is 1.51. The van der Waals surface area contributed by atoms with Gasteiger partial charge < -0.3 is 10.2 Å². The molecule has 8 nitrogen and oxygen atoms in total. The molecule has 4 rings (SSSR count). The molecule has 2 N–H and O–H groups in total. The zero-order chi connectivity index (χ0) is 21.0. The smallest absolute Gasteiger partial charge is 0.159 e. The molecule has 154 valence electrons. The molecule has 2 atom stereocenters. The summed E-state index contributed by atoms with van der Waals surface area (Å²) < 4.78 is 3.29. The van der Waals surface area contributed by atoms with Crippen molar-refractivity contribution in [3.05, 3.63) is 96.1 Å². The number of nitrogens with zero attached hydrogens (tertiary/aromatic N) is 6. The Morgan fingerprint density at radius 1 is 0.833 bits per heavy atom. The van der Waals surface area contributed by atoms with Gasteiger partial charge in [-0.2, -0.15) is 10.2 Å². The Hall–Kier alpha value is -3.36. The summed E-state index contributed by atoms with van der Waals surface area (Å²) in [5.41, 5.74) is 0.683. The Bertz CT molecular complexity index is 1080. The average Bonchev–Trinajstić information content (AvgIpc) is 3.39. The van der Waals surface area contributed by atoms with Crippen LogP contribution in [0.5, 0.6) is 0 Å². The highest BCUT2D eigenvalue weighted by Crippen LogP contribution is 2.30. The molecule has 0 aliphatic heterocycles. The minimum Gasteiger partial charge on any atom is -0.385 e. The zero-order valence-electron chi connectivity index (χ0n) is 16.7. The molecule has 8 heteroatoms. The van der Waals surface area contributed by atoms with Crippen molar-refractivity contribution in [2.45, 2.75) is 38.1 Å². The fourth-order valence-corrected chi connectivity index (χ4v) is 3.52. The van der Waals surface area contributed by atoms with E-state index in [4.69, 9.17) is 0 Å². The lowest BCUT2D eigenvalue weighted by Crippen LogP contribution is -2.30. The Morgan fingerprint density at radius 3 is 2.00 bits per heavy atom. The summed E-state index contributed by atoms with van der Waals surface area (Å²) in [4.78, 5) is 8.47. The van der Waals surface area contributed by atoms with Crippen LogP contribution in [0.15, 0.2) is 73.3 Å². The SMILES string of the molecule is CC(O)(CC(O)c1ncnn1Cc1ccccc1)c1ncnn1Cc1ccccc1. The Labute approximate surface area is 174 Å². The second-order valence-electron chi connectivity index (χ2n) is 7.48. The van der Waals surface area contributed by atoms with Crippen molar-refractivity contribution in [3.63, 3.8) is 0 Å². The molecule has 2 aromatic heterocycles. The second-order valence-corrected chi connectivity index (χ2v) is 7.48. The van der Waals surface area contributed by atoms with Gasteiger partial charge in [0.05, 0.1) is 13.1 Å². The van der Waals surface area contributed by atoms with Crippen molar-refractivity contribution in [1.82, 2.24) is 29.5 Å². The lowest BCUT2D eigenvalue weighted by Gasteiger charge is -2.25. The molecule has 4 aromatic rings. The van der Waals surface area contributed by atoms with Crippen LogP contribution in [0.1, 0.15) is 42.2 Å². The molecule has 0 aliphatic rings. The lowest BCUT2D eigenvalue weighted by molar-refractivity contribution is -0.0141. The van der Waals surface area contributed by atoms with Gasteiger partial charge in [-0.3, -0.25) is 0 Å². The maximum atomic E-state index is 11.1. The summed E-state index contributed by atoms with van der Waals surface area (Å²) >= 11 is 0. The molecule has 0 saturated carbocycles. The lowest BCUT2D eigenvalue weighted by atomic mass is 9.96. The first kappa shape index (κ1) is 19.9. The van der Waals surface area contributed by atoms with Crippen LogP contribution in [0.25, 0.3) is 0 Å². The number of hydrogen-bond acceptors (Lipinski definition) is 6. The third kappa shape index (κ3) is 4.45. The molecule has 0 bridgehead atoms. The number of hydrogen-bond donors (Lipinski definition) is 2. The summed E-state index contributed by atoms with van der Waals surface area (Å²) in [6, 6.07) is 19.6. The number of aromatic nitrogens is 6. The van der Waals surface area contributed by atoms with Crippen LogP contribution in [0.3, 0.4) is 0 Å². The van der Waals surface area contributed by atoms with Crippen LogP contribution in [-0.2, 0) is 18.7 Å². The summed E-state index contributed by atoms with van der Waals surface area (Å²) in [5.74, 6) is 0.785. The van der Waals surface area contributed by atoms with E-state index in [-0.39, 0.29) is 6.42 Å². The van der Waals surface area contributed by atoms with Gasteiger partial charge in [-0.05, 0) is 18.1 Å². The van der Waals surface area contributed by atoms with Crippen molar-refractivity contribution in [3.8, 4) is 0 Å². The molecule has 2 heterocycles. The number of rotatable bonds is 8. The maximum absolute atomic E-state index is 11.1. The van der Waals surface area contributed by atoms with Crippen LogP contribution in [-0.4, -0.2) is 39.7 Å². The van der Waals surface area contributed by atoms with Gasteiger partial charge in [0.15, 0.2) is 11.6 Å². The van der Waals surface area contributed by atoms with Gasteiger partial charge in [-0.25, -0.2) is 19.3 Å². The molecular formula is C22H24N6O2.